The minimum Gasteiger partial charge on any atom is -0.444 e. The van der Waals surface area contributed by atoms with Crippen LogP contribution < -0.4 is 20.4 Å². The zero-order valence-corrected chi connectivity index (χ0v) is 16.9. The van der Waals surface area contributed by atoms with Gasteiger partial charge in [-0.2, -0.15) is 5.06 Å². The fourth-order valence-electron chi connectivity index (χ4n) is 3.21. The van der Waals surface area contributed by atoms with E-state index in [1.165, 1.54) is 30.5 Å². The standard InChI is InChI=1S/C19H26FN5O5/c1-13(26)22-6-5-15-12-24(19(28)30-15)14-3-4-17(16(20)11-14)23-7-8-25(18(27)21-2)29-10-9-23/h3-4,9-11,13,15,22,26H,5-8,12H2,1-2H3,(H,21,27). The summed E-state index contributed by atoms with van der Waals surface area (Å²) in [4.78, 5) is 32.1. The van der Waals surface area contributed by atoms with E-state index in [9.17, 15) is 19.1 Å². The summed E-state index contributed by atoms with van der Waals surface area (Å²) in [5.41, 5.74) is 0.692. The number of nitrogens with zero attached hydrogens (tertiary/aromatic N) is 3. The lowest BCUT2D eigenvalue weighted by atomic mass is 10.2. The number of nitrogens with one attached hydrogen (secondary N) is 2. The first-order valence-electron chi connectivity index (χ1n) is 9.67. The molecule has 1 saturated heterocycles. The first-order chi connectivity index (χ1) is 14.4. The van der Waals surface area contributed by atoms with Crippen molar-refractivity contribution in [2.45, 2.75) is 25.7 Å². The summed E-state index contributed by atoms with van der Waals surface area (Å²) in [6.45, 7) is 2.96. The molecule has 164 valence electrons. The lowest BCUT2D eigenvalue weighted by Gasteiger charge is -2.22. The Kier molecular flexibility index (Phi) is 6.95. The van der Waals surface area contributed by atoms with Crippen molar-refractivity contribution in [2.24, 2.45) is 0 Å². The van der Waals surface area contributed by atoms with Gasteiger partial charge in [-0.05, 0) is 31.5 Å². The molecule has 2 unspecified atom stereocenters. The molecule has 0 spiro atoms. The summed E-state index contributed by atoms with van der Waals surface area (Å²) in [6.07, 6.45) is 1.87. The van der Waals surface area contributed by atoms with Crippen molar-refractivity contribution in [3.05, 3.63) is 36.5 Å². The minimum absolute atomic E-state index is 0.231. The summed E-state index contributed by atoms with van der Waals surface area (Å²) in [5.74, 6) is -0.516. The minimum atomic E-state index is -0.637. The van der Waals surface area contributed by atoms with Crippen LogP contribution in [-0.4, -0.2) is 67.9 Å². The molecule has 1 fully saturated rings. The van der Waals surface area contributed by atoms with E-state index in [1.54, 1.807) is 24.0 Å². The third-order valence-corrected chi connectivity index (χ3v) is 4.75. The maximum atomic E-state index is 14.8. The molecule has 2 aliphatic heterocycles. The lowest BCUT2D eigenvalue weighted by Crippen LogP contribution is -2.39. The predicted octanol–water partition coefficient (Wildman–Crippen LogP) is 1.33. The highest BCUT2D eigenvalue weighted by Crippen LogP contribution is 2.29. The third-order valence-electron chi connectivity index (χ3n) is 4.75. The molecule has 11 heteroatoms. The Balaban J connectivity index is 1.64. The van der Waals surface area contributed by atoms with Gasteiger partial charge in [-0.1, -0.05) is 0 Å². The molecule has 2 atom stereocenters. The quantitative estimate of drug-likeness (QED) is 0.593. The Morgan fingerprint density at radius 3 is 2.90 bits per heavy atom. The zero-order chi connectivity index (χ0) is 21.7. The summed E-state index contributed by atoms with van der Waals surface area (Å²) in [5, 5.41) is 15.7. The number of aliphatic hydroxyl groups is 1. The molecule has 0 aromatic heterocycles. The van der Waals surface area contributed by atoms with Gasteiger partial charge in [0, 0.05) is 26.3 Å². The number of hydroxylamine groups is 2. The molecule has 2 aliphatic rings. The molecule has 3 amide bonds. The topological polar surface area (TPSA) is 107 Å². The molecule has 2 heterocycles. The average Bonchev–Trinajstić information content (AvgIpc) is 2.92. The van der Waals surface area contributed by atoms with Gasteiger partial charge >= 0.3 is 12.1 Å². The Labute approximate surface area is 173 Å². The predicted molar refractivity (Wildman–Crippen MR) is 107 cm³/mol. The number of hydrogen-bond donors (Lipinski definition) is 3. The normalized spacial score (nSPS) is 19.9. The van der Waals surface area contributed by atoms with Gasteiger partial charge in [0.1, 0.15) is 24.4 Å². The molecule has 30 heavy (non-hydrogen) atoms. The van der Waals surface area contributed by atoms with Crippen molar-refractivity contribution in [3.63, 3.8) is 0 Å². The van der Waals surface area contributed by atoms with Gasteiger partial charge < -0.3 is 24.9 Å². The first-order valence-corrected chi connectivity index (χ1v) is 9.67. The van der Waals surface area contributed by atoms with Crippen LogP contribution in [0.25, 0.3) is 0 Å². The summed E-state index contributed by atoms with van der Waals surface area (Å²) in [7, 11) is 1.49. The highest BCUT2D eigenvalue weighted by Gasteiger charge is 2.32. The number of cyclic esters (lactones) is 1. The van der Waals surface area contributed by atoms with E-state index in [1.807, 2.05) is 0 Å². The third kappa shape index (κ3) is 5.10. The van der Waals surface area contributed by atoms with Crippen molar-refractivity contribution >= 4 is 23.5 Å². The highest BCUT2D eigenvalue weighted by atomic mass is 19.1. The van der Waals surface area contributed by atoms with Gasteiger partial charge in [0.25, 0.3) is 0 Å². The number of carbonyl (C=O) groups excluding carboxylic acids is 2. The SMILES string of the molecule is CNC(=O)N1CCN(c2ccc(N3CC(CCNC(C)O)OC3=O)cc2F)C=CO1. The molecule has 1 aromatic rings. The van der Waals surface area contributed by atoms with Crippen molar-refractivity contribution in [1.82, 2.24) is 15.7 Å². The lowest BCUT2D eigenvalue weighted by molar-refractivity contribution is -0.0510. The zero-order valence-electron chi connectivity index (χ0n) is 16.9. The number of urea groups is 1. The number of ether oxygens (including phenoxy) is 1. The van der Waals surface area contributed by atoms with E-state index in [0.29, 0.717) is 37.4 Å². The van der Waals surface area contributed by atoms with Crippen LogP contribution in [0, 0.1) is 5.82 Å². The van der Waals surface area contributed by atoms with E-state index in [4.69, 9.17) is 9.57 Å². The molecule has 0 radical (unpaired) electrons. The number of benzene rings is 1. The van der Waals surface area contributed by atoms with Crippen LogP contribution in [0.1, 0.15) is 13.3 Å². The number of hydrogen-bond acceptors (Lipinski definition) is 7. The summed E-state index contributed by atoms with van der Waals surface area (Å²) < 4.78 is 20.2. The number of anilines is 2. The van der Waals surface area contributed by atoms with Crippen LogP contribution in [0.3, 0.4) is 0 Å². The van der Waals surface area contributed by atoms with Crippen LogP contribution in [0.5, 0.6) is 0 Å². The Morgan fingerprint density at radius 1 is 1.40 bits per heavy atom. The fourth-order valence-corrected chi connectivity index (χ4v) is 3.21. The summed E-state index contributed by atoms with van der Waals surface area (Å²) >= 11 is 0. The fraction of sp³-hybridized carbons (Fsp3) is 0.474. The second-order valence-electron chi connectivity index (χ2n) is 6.91. The molecule has 10 nitrogen and oxygen atoms in total. The van der Waals surface area contributed by atoms with Crippen LogP contribution >= 0.6 is 0 Å². The maximum Gasteiger partial charge on any atom is 0.414 e. The second-order valence-corrected chi connectivity index (χ2v) is 6.91. The largest absolute Gasteiger partial charge is 0.444 e. The molecular weight excluding hydrogens is 397 g/mol. The van der Waals surface area contributed by atoms with Gasteiger partial charge in [0.05, 0.1) is 24.5 Å². The van der Waals surface area contributed by atoms with Crippen molar-refractivity contribution in [3.8, 4) is 0 Å². The van der Waals surface area contributed by atoms with Gasteiger partial charge in [0.15, 0.2) is 0 Å². The van der Waals surface area contributed by atoms with Crippen molar-refractivity contribution < 1.29 is 28.7 Å². The van der Waals surface area contributed by atoms with Crippen LogP contribution in [0.2, 0.25) is 0 Å². The van der Waals surface area contributed by atoms with E-state index >= 15 is 0 Å². The molecule has 3 rings (SSSR count). The smallest absolute Gasteiger partial charge is 0.414 e. The van der Waals surface area contributed by atoms with E-state index in [0.717, 1.165) is 5.06 Å². The van der Waals surface area contributed by atoms with Crippen LogP contribution in [0.4, 0.5) is 25.4 Å². The first kappa shape index (κ1) is 21.7. The number of halogens is 1. The molecule has 0 bridgehead atoms. The average molecular weight is 423 g/mol. The van der Waals surface area contributed by atoms with Gasteiger partial charge in [0.2, 0.25) is 0 Å². The van der Waals surface area contributed by atoms with Gasteiger partial charge in [-0.3, -0.25) is 10.2 Å². The number of amides is 3. The Morgan fingerprint density at radius 2 is 2.20 bits per heavy atom. The number of carbonyl (C=O) groups is 2. The Hall–Kier alpha value is -3.05. The van der Waals surface area contributed by atoms with E-state index in [-0.39, 0.29) is 12.6 Å². The molecule has 0 saturated carbocycles. The highest BCUT2D eigenvalue weighted by molar-refractivity contribution is 5.90. The summed E-state index contributed by atoms with van der Waals surface area (Å²) in [6, 6.07) is 4.10. The molecule has 1 aromatic carbocycles. The van der Waals surface area contributed by atoms with Crippen molar-refractivity contribution in [1.29, 1.82) is 0 Å². The van der Waals surface area contributed by atoms with Crippen LogP contribution in [-0.2, 0) is 9.57 Å². The second kappa shape index (κ2) is 9.63. The monoisotopic (exact) mass is 423 g/mol. The number of rotatable bonds is 6. The molecule has 3 N–H and O–H groups in total. The van der Waals surface area contributed by atoms with Gasteiger partial charge in [-0.15, -0.1) is 0 Å². The molecular formula is C19H26FN5O5. The maximum absolute atomic E-state index is 14.8. The van der Waals surface area contributed by atoms with E-state index in [2.05, 4.69) is 10.6 Å². The van der Waals surface area contributed by atoms with Crippen LogP contribution in [0.15, 0.2) is 30.7 Å². The molecule has 0 aliphatic carbocycles. The van der Waals surface area contributed by atoms with Gasteiger partial charge in [-0.25, -0.2) is 14.0 Å². The Bertz CT molecular complexity index is 806. The van der Waals surface area contributed by atoms with E-state index < -0.39 is 24.2 Å². The van der Waals surface area contributed by atoms with Crippen molar-refractivity contribution in [2.75, 3.05) is 43.0 Å². The number of aliphatic hydroxyl groups excluding tert-OH is 1.